The third-order valence-electron chi connectivity index (χ3n) is 4.19. The molecule has 0 bridgehead atoms. The van der Waals surface area contributed by atoms with E-state index in [9.17, 15) is 0 Å². The molecule has 4 heteroatoms. The van der Waals surface area contributed by atoms with Gasteiger partial charge in [-0.1, -0.05) is 12.1 Å². The van der Waals surface area contributed by atoms with Crippen LogP contribution in [-0.2, 0) is 10.6 Å². The van der Waals surface area contributed by atoms with Gasteiger partial charge in [0.25, 0.3) is 0 Å². The monoisotopic (exact) mass is 344 g/mol. The first-order valence-corrected chi connectivity index (χ1v) is 8.19. The summed E-state index contributed by atoms with van der Waals surface area (Å²) in [5.74, 6) is 1.38. The van der Waals surface area contributed by atoms with Gasteiger partial charge < -0.3 is 9.47 Å². The Morgan fingerprint density at radius 2 is 2.26 bits per heavy atom. The second-order valence-electron chi connectivity index (χ2n) is 5.48. The van der Waals surface area contributed by atoms with Gasteiger partial charge in [-0.3, -0.25) is 0 Å². The summed E-state index contributed by atoms with van der Waals surface area (Å²) in [5, 5.41) is 0. The van der Waals surface area contributed by atoms with Crippen molar-refractivity contribution in [3.63, 3.8) is 0 Å². The summed E-state index contributed by atoms with van der Waals surface area (Å²) in [7, 11) is 0. The Hall–Kier alpha value is -0.250. The van der Waals surface area contributed by atoms with Crippen molar-refractivity contribution in [2.24, 2.45) is 0 Å². The molecule has 19 heavy (non-hydrogen) atoms. The number of para-hydroxylation sites is 1. The van der Waals surface area contributed by atoms with Crippen molar-refractivity contribution in [1.29, 1.82) is 0 Å². The smallest absolute Gasteiger partial charge is 0.138 e. The SMILES string of the molecule is ClCc1cccc(Br)c1OC1CCOC2(CCC2)C1. The third-order valence-corrected chi connectivity index (χ3v) is 5.10. The number of alkyl halides is 1. The number of hydrogen-bond donors (Lipinski definition) is 0. The number of ether oxygens (including phenoxy) is 2. The van der Waals surface area contributed by atoms with Crippen molar-refractivity contribution in [3.05, 3.63) is 28.2 Å². The molecule has 1 aliphatic carbocycles. The summed E-state index contributed by atoms with van der Waals surface area (Å²) >= 11 is 9.55. The van der Waals surface area contributed by atoms with Gasteiger partial charge in [0.1, 0.15) is 11.9 Å². The van der Waals surface area contributed by atoms with Gasteiger partial charge in [-0.2, -0.15) is 0 Å². The van der Waals surface area contributed by atoms with Crippen molar-refractivity contribution in [2.45, 2.75) is 49.7 Å². The van der Waals surface area contributed by atoms with E-state index in [1.54, 1.807) is 0 Å². The molecule has 2 fully saturated rings. The molecule has 1 saturated heterocycles. The minimum absolute atomic E-state index is 0.116. The van der Waals surface area contributed by atoms with E-state index in [4.69, 9.17) is 21.1 Å². The minimum atomic E-state index is 0.116. The second-order valence-corrected chi connectivity index (χ2v) is 6.60. The van der Waals surface area contributed by atoms with Gasteiger partial charge in [0.2, 0.25) is 0 Å². The summed E-state index contributed by atoms with van der Waals surface area (Å²) < 4.78 is 13.2. The molecule has 1 aromatic rings. The van der Waals surface area contributed by atoms with Gasteiger partial charge in [0.05, 0.1) is 22.6 Å². The summed E-state index contributed by atoms with van der Waals surface area (Å²) in [6.45, 7) is 0.811. The number of halogens is 2. The summed E-state index contributed by atoms with van der Waals surface area (Å²) in [4.78, 5) is 0. The lowest BCUT2D eigenvalue weighted by atomic mass is 9.74. The highest BCUT2D eigenvalue weighted by Gasteiger charge is 2.43. The Morgan fingerprint density at radius 3 is 2.95 bits per heavy atom. The van der Waals surface area contributed by atoms with Crippen molar-refractivity contribution < 1.29 is 9.47 Å². The first kappa shape index (κ1) is 13.7. The maximum Gasteiger partial charge on any atom is 0.138 e. The zero-order valence-corrected chi connectivity index (χ0v) is 13.2. The van der Waals surface area contributed by atoms with E-state index in [1.807, 2.05) is 18.2 Å². The van der Waals surface area contributed by atoms with E-state index in [-0.39, 0.29) is 11.7 Å². The van der Waals surface area contributed by atoms with Crippen LogP contribution in [0.15, 0.2) is 22.7 Å². The van der Waals surface area contributed by atoms with Crippen LogP contribution in [0.4, 0.5) is 0 Å². The van der Waals surface area contributed by atoms with Crippen LogP contribution in [-0.4, -0.2) is 18.3 Å². The fraction of sp³-hybridized carbons (Fsp3) is 0.600. The Balaban J connectivity index is 1.74. The zero-order valence-electron chi connectivity index (χ0n) is 10.8. The second kappa shape index (κ2) is 5.63. The summed E-state index contributed by atoms with van der Waals surface area (Å²) in [5.41, 5.74) is 1.16. The predicted molar refractivity (Wildman–Crippen MR) is 79.9 cm³/mol. The number of rotatable bonds is 3. The van der Waals surface area contributed by atoms with Crippen LogP contribution in [0.3, 0.4) is 0 Å². The van der Waals surface area contributed by atoms with Gasteiger partial charge in [-0.05, 0) is 41.3 Å². The van der Waals surface area contributed by atoms with Gasteiger partial charge >= 0.3 is 0 Å². The number of hydrogen-bond acceptors (Lipinski definition) is 2. The van der Waals surface area contributed by atoms with E-state index >= 15 is 0 Å². The summed E-state index contributed by atoms with van der Waals surface area (Å²) in [6.07, 6.45) is 5.88. The van der Waals surface area contributed by atoms with Crippen molar-refractivity contribution in [3.8, 4) is 5.75 Å². The van der Waals surface area contributed by atoms with Crippen molar-refractivity contribution in [2.75, 3.05) is 6.61 Å². The fourth-order valence-corrected chi connectivity index (χ4v) is 3.67. The standard InChI is InChI=1S/C15H18BrClO2/c16-13-4-1-3-11(10-17)14(13)19-12-5-8-18-15(9-12)6-2-7-15/h1,3-4,12H,2,5-10H2. The lowest BCUT2D eigenvalue weighted by molar-refractivity contribution is -0.153. The molecule has 0 amide bonds. The van der Waals surface area contributed by atoms with Crippen LogP contribution in [0, 0.1) is 0 Å². The average Bonchev–Trinajstić information content (AvgIpc) is 2.40. The van der Waals surface area contributed by atoms with Crippen molar-refractivity contribution in [1.82, 2.24) is 0 Å². The normalized spacial score (nSPS) is 25.1. The van der Waals surface area contributed by atoms with Crippen LogP contribution in [0.2, 0.25) is 0 Å². The highest BCUT2D eigenvalue weighted by molar-refractivity contribution is 9.10. The highest BCUT2D eigenvalue weighted by Crippen LogP contribution is 2.44. The van der Waals surface area contributed by atoms with Crippen LogP contribution in [0.5, 0.6) is 5.75 Å². The molecule has 1 aliphatic heterocycles. The lowest BCUT2D eigenvalue weighted by Gasteiger charge is -2.47. The largest absolute Gasteiger partial charge is 0.489 e. The maximum atomic E-state index is 6.23. The Bertz CT molecular complexity index is 459. The minimum Gasteiger partial charge on any atom is -0.489 e. The predicted octanol–water partition coefficient (Wildman–Crippen LogP) is 4.67. The van der Waals surface area contributed by atoms with Crippen LogP contribution in [0.25, 0.3) is 0 Å². The van der Waals surface area contributed by atoms with E-state index in [0.717, 1.165) is 35.2 Å². The molecule has 1 aromatic carbocycles. The van der Waals surface area contributed by atoms with Gasteiger partial charge in [0.15, 0.2) is 0 Å². The van der Waals surface area contributed by atoms with Crippen molar-refractivity contribution >= 4 is 27.5 Å². The quantitative estimate of drug-likeness (QED) is 0.741. The highest BCUT2D eigenvalue weighted by atomic mass is 79.9. The van der Waals surface area contributed by atoms with Crippen LogP contribution < -0.4 is 4.74 Å². The maximum absolute atomic E-state index is 6.23. The first-order valence-electron chi connectivity index (χ1n) is 6.86. The number of benzene rings is 1. The molecule has 1 heterocycles. The molecule has 1 atom stereocenters. The molecule has 104 valence electrons. The van der Waals surface area contributed by atoms with E-state index in [2.05, 4.69) is 15.9 Å². The Morgan fingerprint density at radius 1 is 1.42 bits per heavy atom. The molecule has 1 unspecified atom stereocenters. The molecule has 1 spiro atoms. The molecule has 3 rings (SSSR count). The van der Waals surface area contributed by atoms with Gasteiger partial charge in [-0.25, -0.2) is 0 Å². The molecule has 0 aromatic heterocycles. The molecular weight excluding hydrogens is 328 g/mol. The lowest BCUT2D eigenvalue weighted by Crippen LogP contribution is -2.48. The molecule has 1 saturated carbocycles. The third kappa shape index (κ3) is 2.79. The Labute approximate surface area is 127 Å². The van der Waals surface area contributed by atoms with E-state index < -0.39 is 0 Å². The molecule has 2 aliphatic rings. The molecule has 0 N–H and O–H groups in total. The molecule has 2 nitrogen and oxygen atoms in total. The van der Waals surface area contributed by atoms with Crippen LogP contribution >= 0.6 is 27.5 Å². The van der Waals surface area contributed by atoms with E-state index in [1.165, 1.54) is 19.3 Å². The topological polar surface area (TPSA) is 18.5 Å². The summed E-state index contributed by atoms with van der Waals surface area (Å²) in [6, 6.07) is 6.02. The van der Waals surface area contributed by atoms with Gasteiger partial charge in [0, 0.05) is 18.4 Å². The van der Waals surface area contributed by atoms with Crippen LogP contribution in [0.1, 0.15) is 37.7 Å². The zero-order chi connectivity index (χ0) is 13.3. The molecular formula is C15H18BrClO2. The van der Waals surface area contributed by atoms with E-state index in [0.29, 0.717) is 5.88 Å². The van der Waals surface area contributed by atoms with Gasteiger partial charge in [-0.15, -0.1) is 11.6 Å². The molecule has 0 radical (unpaired) electrons. The average molecular weight is 346 g/mol. The first-order chi connectivity index (χ1) is 9.22. The Kier molecular flexibility index (Phi) is 4.06. The fourth-order valence-electron chi connectivity index (χ4n) is 2.96.